The lowest BCUT2D eigenvalue weighted by Crippen LogP contribution is -2.28. The predicted octanol–water partition coefficient (Wildman–Crippen LogP) is 1.57. The molecule has 1 amide bonds. The van der Waals surface area contributed by atoms with Crippen molar-refractivity contribution in [1.29, 1.82) is 0 Å². The van der Waals surface area contributed by atoms with E-state index in [0.717, 1.165) is 29.4 Å². The number of amides is 1. The minimum absolute atomic E-state index is 0.225. The molecule has 0 aromatic heterocycles. The number of fused-ring (bicyclic) bond motifs is 1. The van der Waals surface area contributed by atoms with Crippen LogP contribution in [0.4, 0.5) is 11.4 Å². The molecule has 0 spiro atoms. The van der Waals surface area contributed by atoms with Crippen molar-refractivity contribution < 1.29 is 4.79 Å². The van der Waals surface area contributed by atoms with Crippen LogP contribution in [0.3, 0.4) is 0 Å². The summed E-state index contributed by atoms with van der Waals surface area (Å²) < 4.78 is 0. The Morgan fingerprint density at radius 3 is 2.93 bits per heavy atom. The second kappa shape index (κ2) is 2.99. The van der Waals surface area contributed by atoms with E-state index in [-0.39, 0.29) is 5.91 Å². The molecular weight excluding hydrogens is 188 g/mol. The first-order valence-corrected chi connectivity index (χ1v) is 5.43. The molecule has 3 heteroatoms. The van der Waals surface area contributed by atoms with E-state index in [2.05, 4.69) is 0 Å². The third-order valence-electron chi connectivity index (χ3n) is 3.17. The number of rotatable bonds is 2. The van der Waals surface area contributed by atoms with Gasteiger partial charge < -0.3 is 10.6 Å². The zero-order valence-electron chi connectivity index (χ0n) is 8.57. The molecule has 1 fully saturated rings. The minimum Gasteiger partial charge on any atom is -0.399 e. The zero-order chi connectivity index (χ0) is 10.4. The quantitative estimate of drug-likeness (QED) is 0.740. The number of anilines is 2. The highest BCUT2D eigenvalue weighted by atomic mass is 16.2. The number of benzene rings is 1. The van der Waals surface area contributed by atoms with Gasteiger partial charge in [0.05, 0.1) is 6.42 Å². The van der Waals surface area contributed by atoms with Gasteiger partial charge in [-0.1, -0.05) is 0 Å². The Balaban J connectivity index is 1.93. The molecule has 3 rings (SSSR count). The second-order valence-corrected chi connectivity index (χ2v) is 4.51. The highest BCUT2D eigenvalue weighted by Crippen LogP contribution is 2.36. The van der Waals surface area contributed by atoms with Gasteiger partial charge in [0.15, 0.2) is 0 Å². The van der Waals surface area contributed by atoms with Crippen molar-refractivity contribution in [2.75, 3.05) is 17.2 Å². The van der Waals surface area contributed by atoms with Gasteiger partial charge in [0.25, 0.3) is 0 Å². The summed E-state index contributed by atoms with van der Waals surface area (Å²) in [7, 11) is 0. The van der Waals surface area contributed by atoms with E-state index in [1.807, 2.05) is 23.1 Å². The maximum atomic E-state index is 11.8. The molecule has 3 nitrogen and oxygen atoms in total. The third-order valence-corrected chi connectivity index (χ3v) is 3.17. The molecule has 1 saturated carbocycles. The number of nitrogens with two attached hydrogens (primary N) is 1. The van der Waals surface area contributed by atoms with Crippen molar-refractivity contribution >= 4 is 17.3 Å². The van der Waals surface area contributed by atoms with Gasteiger partial charge in [-0.2, -0.15) is 0 Å². The monoisotopic (exact) mass is 202 g/mol. The summed E-state index contributed by atoms with van der Waals surface area (Å²) in [5, 5.41) is 0. The molecule has 1 heterocycles. The van der Waals surface area contributed by atoms with E-state index in [1.54, 1.807) is 0 Å². The average Bonchev–Trinajstić information content (AvgIpc) is 2.93. The summed E-state index contributed by atoms with van der Waals surface area (Å²) in [5.74, 6) is 0.958. The fourth-order valence-corrected chi connectivity index (χ4v) is 2.16. The Kier molecular flexibility index (Phi) is 1.75. The van der Waals surface area contributed by atoms with Crippen molar-refractivity contribution in [3.63, 3.8) is 0 Å². The fraction of sp³-hybridized carbons (Fsp3) is 0.417. The van der Waals surface area contributed by atoms with E-state index in [4.69, 9.17) is 5.73 Å². The first-order valence-electron chi connectivity index (χ1n) is 5.43. The molecule has 2 N–H and O–H groups in total. The standard InChI is InChI=1S/C12H14N2O/c13-10-3-4-11-9(5-10)6-12(15)14(11)7-8-1-2-8/h3-5,8H,1-2,6-7,13H2. The fourth-order valence-electron chi connectivity index (χ4n) is 2.16. The topological polar surface area (TPSA) is 46.3 Å². The lowest BCUT2D eigenvalue weighted by Gasteiger charge is -2.16. The van der Waals surface area contributed by atoms with Gasteiger partial charge in [-0.25, -0.2) is 0 Å². The van der Waals surface area contributed by atoms with Gasteiger partial charge in [0.1, 0.15) is 0 Å². The van der Waals surface area contributed by atoms with Crippen molar-refractivity contribution in [3.05, 3.63) is 23.8 Å². The van der Waals surface area contributed by atoms with E-state index < -0.39 is 0 Å². The number of nitrogens with zero attached hydrogens (tertiary/aromatic N) is 1. The highest BCUT2D eigenvalue weighted by molar-refractivity contribution is 6.01. The van der Waals surface area contributed by atoms with Crippen LogP contribution in [0.25, 0.3) is 0 Å². The van der Waals surface area contributed by atoms with Crippen LogP contribution in [0.1, 0.15) is 18.4 Å². The van der Waals surface area contributed by atoms with Crippen molar-refractivity contribution in [2.24, 2.45) is 5.92 Å². The van der Waals surface area contributed by atoms with Crippen molar-refractivity contribution in [2.45, 2.75) is 19.3 Å². The van der Waals surface area contributed by atoms with Crippen LogP contribution in [-0.2, 0) is 11.2 Å². The number of hydrogen-bond acceptors (Lipinski definition) is 2. The van der Waals surface area contributed by atoms with E-state index >= 15 is 0 Å². The van der Waals surface area contributed by atoms with Crippen LogP contribution >= 0.6 is 0 Å². The molecule has 0 bridgehead atoms. The Hall–Kier alpha value is -1.51. The van der Waals surface area contributed by atoms with Crippen LogP contribution < -0.4 is 10.6 Å². The summed E-state index contributed by atoms with van der Waals surface area (Å²) >= 11 is 0. The lowest BCUT2D eigenvalue weighted by molar-refractivity contribution is -0.117. The van der Waals surface area contributed by atoms with Crippen LogP contribution in [-0.4, -0.2) is 12.5 Å². The van der Waals surface area contributed by atoms with Gasteiger partial charge in [0, 0.05) is 17.9 Å². The summed E-state index contributed by atoms with van der Waals surface area (Å²) in [6.07, 6.45) is 3.06. The van der Waals surface area contributed by atoms with Crippen LogP contribution in [0.2, 0.25) is 0 Å². The zero-order valence-corrected chi connectivity index (χ0v) is 8.57. The van der Waals surface area contributed by atoms with Crippen LogP contribution in [0.5, 0.6) is 0 Å². The molecule has 2 aliphatic rings. The Morgan fingerprint density at radius 2 is 2.20 bits per heavy atom. The second-order valence-electron chi connectivity index (χ2n) is 4.51. The molecule has 15 heavy (non-hydrogen) atoms. The highest BCUT2D eigenvalue weighted by Gasteiger charge is 2.32. The number of nitrogen functional groups attached to an aromatic ring is 1. The molecular formula is C12H14N2O. The van der Waals surface area contributed by atoms with Gasteiger partial charge in [0.2, 0.25) is 5.91 Å². The van der Waals surface area contributed by atoms with E-state index in [1.165, 1.54) is 12.8 Å². The van der Waals surface area contributed by atoms with Gasteiger partial charge >= 0.3 is 0 Å². The van der Waals surface area contributed by atoms with Gasteiger partial charge in [-0.05, 0) is 42.5 Å². The lowest BCUT2D eigenvalue weighted by atomic mass is 10.1. The molecule has 78 valence electrons. The molecule has 1 aliphatic carbocycles. The molecule has 0 unspecified atom stereocenters. The molecule has 1 aliphatic heterocycles. The largest absolute Gasteiger partial charge is 0.399 e. The third kappa shape index (κ3) is 1.48. The summed E-state index contributed by atoms with van der Waals surface area (Å²) in [6.45, 7) is 0.899. The Morgan fingerprint density at radius 1 is 1.40 bits per heavy atom. The van der Waals surface area contributed by atoms with Crippen LogP contribution in [0, 0.1) is 5.92 Å². The maximum Gasteiger partial charge on any atom is 0.231 e. The van der Waals surface area contributed by atoms with Crippen molar-refractivity contribution in [1.82, 2.24) is 0 Å². The number of carbonyl (C=O) groups is 1. The molecule has 0 radical (unpaired) electrons. The summed E-state index contributed by atoms with van der Waals surface area (Å²) in [4.78, 5) is 13.7. The average molecular weight is 202 g/mol. The molecule has 0 atom stereocenters. The first kappa shape index (κ1) is 8.77. The summed E-state index contributed by atoms with van der Waals surface area (Å²) in [5.41, 5.74) is 8.61. The summed E-state index contributed by atoms with van der Waals surface area (Å²) in [6, 6.07) is 5.76. The minimum atomic E-state index is 0.225. The maximum absolute atomic E-state index is 11.8. The molecule has 0 saturated heterocycles. The Bertz CT molecular complexity index is 424. The van der Waals surface area contributed by atoms with E-state index in [9.17, 15) is 4.79 Å². The molecule has 1 aromatic rings. The van der Waals surface area contributed by atoms with Crippen molar-refractivity contribution in [3.8, 4) is 0 Å². The SMILES string of the molecule is Nc1ccc2c(c1)CC(=O)N2CC1CC1. The Labute approximate surface area is 88.9 Å². The smallest absolute Gasteiger partial charge is 0.231 e. The number of carbonyl (C=O) groups excluding carboxylic acids is 1. The normalized spacial score (nSPS) is 19.5. The van der Waals surface area contributed by atoms with Gasteiger partial charge in [-0.3, -0.25) is 4.79 Å². The van der Waals surface area contributed by atoms with Gasteiger partial charge in [-0.15, -0.1) is 0 Å². The first-order chi connectivity index (χ1) is 7.24. The molecule has 1 aromatic carbocycles. The predicted molar refractivity (Wildman–Crippen MR) is 59.6 cm³/mol. The van der Waals surface area contributed by atoms with E-state index in [0.29, 0.717) is 6.42 Å². The number of hydrogen-bond donors (Lipinski definition) is 1. The van der Waals surface area contributed by atoms with Crippen LogP contribution in [0.15, 0.2) is 18.2 Å².